The van der Waals surface area contributed by atoms with Crippen LogP contribution in [0.5, 0.6) is 0 Å². The van der Waals surface area contributed by atoms with Crippen molar-refractivity contribution in [3.63, 3.8) is 0 Å². The lowest BCUT2D eigenvalue weighted by molar-refractivity contribution is -0.117. The van der Waals surface area contributed by atoms with Gasteiger partial charge in [0.15, 0.2) is 0 Å². The van der Waals surface area contributed by atoms with E-state index in [-0.39, 0.29) is 28.8 Å². The maximum atomic E-state index is 12.8. The largest absolute Gasteiger partial charge is 0.404 e. The Bertz CT molecular complexity index is 1390. The average Bonchev–Trinajstić information content (AvgIpc) is 3.71. The Balaban J connectivity index is 1.56. The fourth-order valence-corrected chi connectivity index (χ4v) is 3.54. The number of aryl methyl sites for hydroxylation is 1. The molecule has 1 fully saturated rings. The zero-order valence-corrected chi connectivity index (χ0v) is 21.4. The van der Waals surface area contributed by atoms with Gasteiger partial charge in [0.1, 0.15) is 12.1 Å². The minimum atomic E-state index is -0.373. The van der Waals surface area contributed by atoms with Gasteiger partial charge in [0, 0.05) is 41.2 Å². The van der Waals surface area contributed by atoms with E-state index in [0.29, 0.717) is 17.2 Å². The SMILES string of the molecule is Cc1ncc(NC(=O)C(C=NC(C)(C)C)=CN)cc1-c1cccc(-c2cc(NC(=O)C3CC3)ncn2)c1. The monoisotopic (exact) mass is 497 g/mol. The fraction of sp³-hybridized carbons (Fsp3) is 0.286. The lowest BCUT2D eigenvalue weighted by atomic mass is 10.00. The van der Waals surface area contributed by atoms with E-state index in [0.717, 1.165) is 35.2 Å². The molecule has 1 aliphatic rings. The van der Waals surface area contributed by atoms with E-state index in [1.165, 1.54) is 18.7 Å². The van der Waals surface area contributed by atoms with Gasteiger partial charge in [-0.15, -0.1) is 0 Å². The van der Waals surface area contributed by atoms with Crippen LogP contribution in [0.2, 0.25) is 0 Å². The molecule has 0 bridgehead atoms. The Labute approximate surface area is 216 Å². The first kappa shape index (κ1) is 25.7. The maximum absolute atomic E-state index is 12.8. The van der Waals surface area contributed by atoms with Crippen molar-refractivity contribution in [1.29, 1.82) is 0 Å². The van der Waals surface area contributed by atoms with Gasteiger partial charge in [-0.05, 0) is 58.2 Å². The third kappa shape index (κ3) is 6.84. The molecule has 0 radical (unpaired) electrons. The van der Waals surface area contributed by atoms with E-state index in [1.807, 2.05) is 58.0 Å². The summed E-state index contributed by atoms with van der Waals surface area (Å²) in [5.41, 5.74) is 10.3. The molecule has 3 aromatic rings. The van der Waals surface area contributed by atoms with Gasteiger partial charge in [0.2, 0.25) is 5.91 Å². The maximum Gasteiger partial charge on any atom is 0.258 e. The van der Waals surface area contributed by atoms with Crippen LogP contribution < -0.4 is 16.4 Å². The predicted molar refractivity (Wildman–Crippen MR) is 146 cm³/mol. The van der Waals surface area contributed by atoms with Crippen LogP contribution in [0.1, 0.15) is 39.3 Å². The lowest BCUT2D eigenvalue weighted by Crippen LogP contribution is -2.18. The number of nitrogens with two attached hydrogens (primary N) is 1. The van der Waals surface area contributed by atoms with Crippen LogP contribution in [0.4, 0.5) is 11.5 Å². The molecule has 37 heavy (non-hydrogen) atoms. The van der Waals surface area contributed by atoms with Gasteiger partial charge in [-0.25, -0.2) is 9.97 Å². The summed E-state index contributed by atoms with van der Waals surface area (Å²) in [5.74, 6) is 0.194. The van der Waals surface area contributed by atoms with Gasteiger partial charge >= 0.3 is 0 Å². The van der Waals surface area contributed by atoms with Crippen LogP contribution >= 0.6 is 0 Å². The minimum absolute atomic E-state index is 0.00345. The van der Waals surface area contributed by atoms with E-state index >= 15 is 0 Å². The molecular weight excluding hydrogens is 466 g/mol. The summed E-state index contributed by atoms with van der Waals surface area (Å²) in [6, 6.07) is 11.5. The number of rotatable bonds is 7. The summed E-state index contributed by atoms with van der Waals surface area (Å²) < 4.78 is 0. The number of amides is 2. The normalized spacial score (nSPS) is 14.0. The van der Waals surface area contributed by atoms with Crippen LogP contribution in [-0.4, -0.2) is 38.5 Å². The quantitative estimate of drug-likeness (QED) is 0.325. The van der Waals surface area contributed by atoms with Crippen LogP contribution in [-0.2, 0) is 9.59 Å². The zero-order chi connectivity index (χ0) is 26.6. The second kappa shape index (κ2) is 10.7. The summed E-state index contributed by atoms with van der Waals surface area (Å²) in [6.45, 7) is 7.72. The van der Waals surface area contributed by atoms with E-state index in [2.05, 4.69) is 30.6 Å². The summed E-state index contributed by atoms with van der Waals surface area (Å²) in [4.78, 5) is 42.3. The first-order valence-electron chi connectivity index (χ1n) is 12.1. The summed E-state index contributed by atoms with van der Waals surface area (Å²) in [6.07, 6.45) is 7.61. The minimum Gasteiger partial charge on any atom is -0.404 e. The molecule has 0 aliphatic heterocycles. The van der Waals surface area contributed by atoms with Crippen molar-refractivity contribution in [3.8, 4) is 22.4 Å². The molecule has 1 aliphatic carbocycles. The van der Waals surface area contributed by atoms with Crippen LogP contribution in [0.3, 0.4) is 0 Å². The number of carbonyl (C=O) groups excluding carboxylic acids is 2. The molecular formula is C28H31N7O2. The molecule has 1 saturated carbocycles. The highest BCUT2D eigenvalue weighted by Crippen LogP contribution is 2.31. The van der Waals surface area contributed by atoms with Crippen molar-refractivity contribution in [2.24, 2.45) is 16.6 Å². The zero-order valence-electron chi connectivity index (χ0n) is 21.4. The van der Waals surface area contributed by atoms with Gasteiger partial charge < -0.3 is 16.4 Å². The Hall–Kier alpha value is -4.40. The molecule has 1 aromatic carbocycles. The van der Waals surface area contributed by atoms with Crippen molar-refractivity contribution < 1.29 is 9.59 Å². The predicted octanol–water partition coefficient (Wildman–Crippen LogP) is 4.51. The highest BCUT2D eigenvalue weighted by atomic mass is 16.2. The number of pyridine rings is 1. The van der Waals surface area contributed by atoms with E-state index in [4.69, 9.17) is 5.73 Å². The second-order valence-corrected chi connectivity index (χ2v) is 9.99. The number of benzene rings is 1. The molecule has 4 N–H and O–H groups in total. The van der Waals surface area contributed by atoms with Gasteiger partial charge in [0.05, 0.1) is 28.7 Å². The Morgan fingerprint density at radius 1 is 1.05 bits per heavy atom. The molecule has 0 unspecified atom stereocenters. The summed E-state index contributed by atoms with van der Waals surface area (Å²) in [7, 11) is 0. The number of aromatic nitrogens is 3. The Kier molecular flexibility index (Phi) is 7.42. The molecule has 0 atom stereocenters. The van der Waals surface area contributed by atoms with E-state index in [9.17, 15) is 9.59 Å². The highest BCUT2D eigenvalue weighted by Gasteiger charge is 2.29. The summed E-state index contributed by atoms with van der Waals surface area (Å²) >= 11 is 0. The molecule has 2 amide bonds. The Morgan fingerprint density at radius 2 is 1.81 bits per heavy atom. The number of hydrogen-bond donors (Lipinski definition) is 3. The van der Waals surface area contributed by atoms with E-state index < -0.39 is 0 Å². The number of carbonyl (C=O) groups is 2. The summed E-state index contributed by atoms with van der Waals surface area (Å²) in [5, 5.41) is 5.71. The third-order valence-electron chi connectivity index (χ3n) is 5.71. The number of nitrogens with zero attached hydrogens (tertiary/aromatic N) is 4. The highest BCUT2D eigenvalue weighted by molar-refractivity contribution is 6.17. The molecule has 2 heterocycles. The molecule has 2 aromatic heterocycles. The molecule has 4 rings (SSSR count). The first-order valence-corrected chi connectivity index (χ1v) is 12.1. The van der Waals surface area contributed by atoms with Gasteiger partial charge in [-0.3, -0.25) is 19.6 Å². The molecule has 9 heteroatoms. The van der Waals surface area contributed by atoms with E-state index in [1.54, 1.807) is 12.3 Å². The fourth-order valence-electron chi connectivity index (χ4n) is 3.54. The number of anilines is 2. The molecule has 0 spiro atoms. The number of aliphatic imine (C=N–C) groups is 1. The molecule has 9 nitrogen and oxygen atoms in total. The topological polar surface area (TPSA) is 135 Å². The van der Waals surface area contributed by atoms with Crippen LogP contribution in [0, 0.1) is 12.8 Å². The average molecular weight is 498 g/mol. The van der Waals surface area contributed by atoms with Crippen molar-refractivity contribution >= 4 is 29.5 Å². The Morgan fingerprint density at radius 3 is 2.51 bits per heavy atom. The van der Waals surface area contributed by atoms with Crippen molar-refractivity contribution in [2.45, 2.75) is 46.1 Å². The molecule has 190 valence electrons. The standard InChI is InChI=1S/C28H31N7O2/c1-17-23(11-22(15-30-17)34-27(37)21(13-29)14-33-28(2,3)4)19-6-5-7-20(10-19)24-12-25(32-16-31-24)35-26(36)18-8-9-18/h5-7,10-16,18H,8-9,29H2,1-4H3,(H,34,37)(H,31,32,35,36). The molecule has 0 saturated heterocycles. The van der Waals surface area contributed by atoms with Crippen LogP contribution in [0.25, 0.3) is 22.4 Å². The second-order valence-electron chi connectivity index (χ2n) is 9.99. The third-order valence-corrected chi connectivity index (χ3v) is 5.71. The number of hydrogen-bond acceptors (Lipinski definition) is 7. The first-order chi connectivity index (χ1) is 17.6. The van der Waals surface area contributed by atoms with Crippen molar-refractivity contribution in [2.75, 3.05) is 10.6 Å². The van der Waals surface area contributed by atoms with Crippen molar-refractivity contribution in [1.82, 2.24) is 15.0 Å². The smallest absolute Gasteiger partial charge is 0.258 e. The number of nitrogens with one attached hydrogen (secondary N) is 2. The van der Waals surface area contributed by atoms with Gasteiger partial charge in [-0.2, -0.15) is 0 Å². The lowest BCUT2D eigenvalue weighted by Gasteiger charge is -2.13. The van der Waals surface area contributed by atoms with Gasteiger partial charge in [-0.1, -0.05) is 18.2 Å². The van der Waals surface area contributed by atoms with Crippen LogP contribution in [0.15, 0.2) is 65.7 Å². The van der Waals surface area contributed by atoms with Crippen molar-refractivity contribution in [3.05, 3.63) is 66.4 Å². The van der Waals surface area contributed by atoms with Gasteiger partial charge in [0.25, 0.3) is 5.91 Å².